The first-order valence-electron chi connectivity index (χ1n) is 10.4. The molecule has 0 atom stereocenters. The van der Waals surface area contributed by atoms with E-state index in [1.165, 1.54) is 0 Å². The Morgan fingerprint density at radius 2 is 1.87 bits per heavy atom. The Kier molecular flexibility index (Phi) is 5.97. The van der Waals surface area contributed by atoms with Crippen LogP contribution in [0.2, 0.25) is 0 Å². The van der Waals surface area contributed by atoms with Crippen LogP contribution in [0.4, 0.5) is 10.5 Å². The monoisotopic (exact) mass is 462 g/mol. The van der Waals surface area contributed by atoms with Crippen molar-refractivity contribution in [2.45, 2.75) is 32.4 Å². The van der Waals surface area contributed by atoms with Gasteiger partial charge in [0.25, 0.3) is 11.1 Å². The summed E-state index contributed by atoms with van der Waals surface area (Å²) >= 11 is 9.59. The van der Waals surface area contributed by atoms with E-state index in [2.05, 4.69) is 17.5 Å². The molecule has 3 aliphatic rings. The van der Waals surface area contributed by atoms with Gasteiger partial charge in [0, 0.05) is 38.3 Å². The number of piperazine rings is 1. The molecule has 2 amide bonds. The summed E-state index contributed by atoms with van der Waals surface area (Å²) in [7, 11) is 0. The number of nitrogens with zero attached hydrogens (tertiary/aromatic N) is 4. The molecule has 3 heterocycles. The highest BCUT2D eigenvalue weighted by atomic mass is 32.1. The first-order chi connectivity index (χ1) is 14.7. The maximum Gasteiger partial charge on any atom is 0.338 e. The molecule has 0 bridgehead atoms. The number of fused-ring (bicyclic) bond motifs is 1. The molecular weight excluding hydrogens is 436 g/mol. The average molecular weight is 463 g/mol. The number of hydrogen-bond acceptors (Lipinski definition) is 6. The Labute approximate surface area is 192 Å². The number of ether oxygens (including phenoxy) is 1. The van der Waals surface area contributed by atoms with Crippen LogP contribution >= 0.6 is 24.8 Å². The Morgan fingerprint density at radius 3 is 2.55 bits per heavy atom. The van der Waals surface area contributed by atoms with Gasteiger partial charge >= 0.3 is 5.97 Å². The molecule has 3 aliphatic heterocycles. The number of hydrogen-bond donors (Lipinski definition) is 1. The molecule has 31 heavy (non-hydrogen) atoms. The van der Waals surface area contributed by atoms with Gasteiger partial charge < -0.3 is 14.5 Å². The van der Waals surface area contributed by atoms with E-state index in [9.17, 15) is 14.4 Å². The first kappa shape index (κ1) is 22.0. The summed E-state index contributed by atoms with van der Waals surface area (Å²) in [5.41, 5.74) is 1.22. The first-order valence-corrected chi connectivity index (χ1v) is 11.2. The minimum absolute atomic E-state index is 0.0800. The Hall–Kier alpha value is -2.17. The maximum absolute atomic E-state index is 13.2. The van der Waals surface area contributed by atoms with E-state index in [-0.39, 0.29) is 23.7 Å². The largest absolute Gasteiger partial charge is 0.457 e. The lowest BCUT2D eigenvalue weighted by molar-refractivity contribution is -0.123. The van der Waals surface area contributed by atoms with Crippen molar-refractivity contribution in [3.63, 3.8) is 0 Å². The van der Waals surface area contributed by atoms with Gasteiger partial charge in [-0.25, -0.2) is 4.79 Å². The van der Waals surface area contributed by atoms with Crippen molar-refractivity contribution in [3.8, 4) is 0 Å². The quantitative estimate of drug-likeness (QED) is 0.408. The summed E-state index contributed by atoms with van der Waals surface area (Å²) in [6.07, 6.45) is 0.853. The SMILES string of the molecule is CC1(C)C(=O)N(c2ccc3c(c2)COC3=O)C(=S)N1CCCN1CCN(C(=O)S)CC1. The lowest BCUT2D eigenvalue weighted by atomic mass is 10.0. The molecule has 2 fully saturated rings. The third-order valence-corrected chi connectivity index (χ3v) is 6.93. The second-order valence-corrected chi connectivity index (χ2v) is 9.26. The molecule has 0 spiro atoms. The van der Waals surface area contributed by atoms with Crippen molar-refractivity contribution in [2.75, 3.05) is 44.2 Å². The van der Waals surface area contributed by atoms with Gasteiger partial charge in [0.1, 0.15) is 12.1 Å². The minimum Gasteiger partial charge on any atom is -0.457 e. The van der Waals surface area contributed by atoms with Crippen LogP contribution in [-0.2, 0) is 16.1 Å². The van der Waals surface area contributed by atoms with Crippen LogP contribution in [0.15, 0.2) is 18.2 Å². The molecule has 10 heteroatoms. The number of benzene rings is 1. The third-order valence-electron chi connectivity index (χ3n) is 6.25. The number of thiocarbonyl (C=S) groups is 1. The second-order valence-electron chi connectivity index (χ2n) is 8.52. The summed E-state index contributed by atoms with van der Waals surface area (Å²) in [4.78, 5) is 43.9. The van der Waals surface area contributed by atoms with Gasteiger partial charge in [0.05, 0.1) is 11.3 Å². The lowest BCUT2D eigenvalue weighted by Crippen LogP contribution is -2.48. The van der Waals surface area contributed by atoms with Crippen LogP contribution in [0.5, 0.6) is 0 Å². The fourth-order valence-corrected chi connectivity index (χ4v) is 5.02. The predicted molar refractivity (Wildman–Crippen MR) is 123 cm³/mol. The van der Waals surface area contributed by atoms with Crippen LogP contribution in [-0.4, -0.2) is 81.7 Å². The zero-order valence-corrected chi connectivity index (χ0v) is 19.4. The van der Waals surface area contributed by atoms with E-state index in [4.69, 9.17) is 17.0 Å². The Bertz CT molecular complexity index is 943. The van der Waals surface area contributed by atoms with Gasteiger partial charge in [-0.05, 0) is 57.2 Å². The fourth-order valence-electron chi connectivity index (χ4n) is 4.31. The van der Waals surface area contributed by atoms with Crippen LogP contribution in [0.25, 0.3) is 0 Å². The molecule has 1 aromatic carbocycles. The van der Waals surface area contributed by atoms with Crippen LogP contribution in [0.3, 0.4) is 0 Å². The molecular formula is C21H26N4O4S2. The molecule has 0 unspecified atom stereocenters. The van der Waals surface area contributed by atoms with Crippen molar-refractivity contribution in [3.05, 3.63) is 29.3 Å². The van der Waals surface area contributed by atoms with Gasteiger partial charge in [0.15, 0.2) is 5.11 Å². The van der Waals surface area contributed by atoms with Gasteiger partial charge in [-0.15, -0.1) is 0 Å². The summed E-state index contributed by atoms with van der Waals surface area (Å²) in [6, 6.07) is 5.25. The zero-order valence-electron chi connectivity index (χ0n) is 17.7. The number of carbonyl (C=O) groups is 3. The molecule has 1 aromatic rings. The van der Waals surface area contributed by atoms with E-state index in [1.54, 1.807) is 21.9 Å². The third kappa shape index (κ3) is 4.04. The smallest absolute Gasteiger partial charge is 0.338 e. The van der Waals surface area contributed by atoms with E-state index in [0.717, 1.165) is 31.6 Å². The Morgan fingerprint density at radius 1 is 1.16 bits per heavy atom. The summed E-state index contributed by atoms with van der Waals surface area (Å²) in [6.45, 7) is 8.54. The number of thiol groups is 1. The van der Waals surface area contributed by atoms with Crippen molar-refractivity contribution in [1.82, 2.24) is 14.7 Å². The highest BCUT2D eigenvalue weighted by Crippen LogP contribution is 2.34. The highest BCUT2D eigenvalue weighted by molar-refractivity contribution is 7.96. The van der Waals surface area contributed by atoms with Crippen molar-refractivity contribution >= 4 is 52.8 Å². The molecule has 0 radical (unpaired) electrons. The summed E-state index contributed by atoms with van der Waals surface area (Å²) < 4.78 is 5.07. The molecule has 166 valence electrons. The molecule has 0 N–H and O–H groups in total. The molecule has 8 nitrogen and oxygen atoms in total. The molecule has 0 saturated carbocycles. The van der Waals surface area contributed by atoms with Gasteiger partial charge in [-0.1, -0.05) is 12.6 Å². The maximum atomic E-state index is 13.2. The van der Waals surface area contributed by atoms with Crippen LogP contribution in [0, 0.1) is 0 Å². The molecule has 0 aromatic heterocycles. The number of amides is 2. The topological polar surface area (TPSA) is 73.4 Å². The van der Waals surface area contributed by atoms with Gasteiger partial charge in [-0.2, -0.15) is 0 Å². The summed E-state index contributed by atoms with van der Waals surface area (Å²) in [5.74, 6) is -0.415. The van der Waals surface area contributed by atoms with Crippen molar-refractivity contribution < 1.29 is 19.1 Å². The second kappa shape index (κ2) is 8.40. The van der Waals surface area contributed by atoms with Crippen LogP contribution in [0.1, 0.15) is 36.2 Å². The van der Waals surface area contributed by atoms with Gasteiger partial charge in [-0.3, -0.25) is 19.4 Å². The minimum atomic E-state index is -0.750. The number of esters is 1. The van der Waals surface area contributed by atoms with Gasteiger partial charge in [0.2, 0.25) is 0 Å². The number of cyclic esters (lactones) is 1. The zero-order chi connectivity index (χ0) is 22.3. The molecule has 4 rings (SSSR count). The summed E-state index contributed by atoms with van der Waals surface area (Å²) in [5, 5.41) is 0.301. The molecule has 0 aliphatic carbocycles. The average Bonchev–Trinajstić information content (AvgIpc) is 3.18. The standard InChI is InChI=1S/C21H26N4O4S2/c1-21(2)18(27)25(15-4-5-16-14(12-15)13-29-17(16)26)19(30)24(21)7-3-6-22-8-10-23(11-9-22)20(28)31/h4-5,12H,3,6-11,13H2,1-2H3,(H,28,31). The van der Waals surface area contributed by atoms with E-state index in [1.807, 2.05) is 24.8 Å². The predicted octanol–water partition coefficient (Wildman–Crippen LogP) is 2.13. The number of carbonyl (C=O) groups excluding carboxylic acids is 3. The van der Waals surface area contributed by atoms with E-state index in [0.29, 0.717) is 36.0 Å². The number of rotatable bonds is 5. The normalized spacial score (nSPS) is 21.0. The van der Waals surface area contributed by atoms with E-state index >= 15 is 0 Å². The highest BCUT2D eigenvalue weighted by Gasteiger charge is 2.49. The van der Waals surface area contributed by atoms with Crippen LogP contribution < -0.4 is 4.90 Å². The van der Waals surface area contributed by atoms with E-state index < -0.39 is 5.54 Å². The fraction of sp³-hybridized carbons (Fsp3) is 0.524. The Balaban J connectivity index is 1.40. The van der Waals surface area contributed by atoms with Crippen molar-refractivity contribution in [1.29, 1.82) is 0 Å². The van der Waals surface area contributed by atoms with Crippen molar-refractivity contribution in [2.24, 2.45) is 0 Å². The molecule has 2 saturated heterocycles. The lowest BCUT2D eigenvalue weighted by Gasteiger charge is -2.35. The number of anilines is 1.